The molecule has 1 rings (SSSR count). The van der Waals surface area contributed by atoms with Crippen molar-refractivity contribution < 1.29 is 0 Å². The van der Waals surface area contributed by atoms with Gasteiger partial charge >= 0.3 is 0 Å². The van der Waals surface area contributed by atoms with Crippen LogP contribution in [0.3, 0.4) is 0 Å². The zero-order valence-corrected chi connectivity index (χ0v) is 6.88. The summed E-state index contributed by atoms with van der Waals surface area (Å²) < 4.78 is 0. The van der Waals surface area contributed by atoms with Gasteiger partial charge in [-0.25, -0.2) is 0 Å². The van der Waals surface area contributed by atoms with Gasteiger partial charge in [-0.2, -0.15) is 0 Å². The van der Waals surface area contributed by atoms with Crippen molar-refractivity contribution in [2.45, 2.75) is 6.04 Å². The molecule has 0 saturated heterocycles. The van der Waals surface area contributed by atoms with Crippen molar-refractivity contribution in [1.29, 1.82) is 0 Å². The molecule has 2 N–H and O–H groups in total. The lowest BCUT2D eigenvalue weighted by atomic mass is 10.1. The first-order chi connectivity index (χ1) is 5.24. The van der Waals surface area contributed by atoms with E-state index in [1.807, 2.05) is 24.3 Å². The van der Waals surface area contributed by atoms with Crippen LogP contribution in [0.25, 0.3) is 0 Å². The van der Waals surface area contributed by atoms with E-state index in [4.69, 9.17) is 17.3 Å². The van der Waals surface area contributed by atoms with Gasteiger partial charge in [-0.15, -0.1) is 6.58 Å². The molecule has 2 heteroatoms. The summed E-state index contributed by atoms with van der Waals surface area (Å²) >= 11 is 5.76. The fourth-order valence-electron chi connectivity index (χ4n) is 0.850. The summed E-state index contributed by atoms with van der Waals surface area (Å²) in [6, 6.07) is 7.35. The van der Waals surface area contributed by atoms with E-state index in [2.05, 4.69) is 6.58 Å². The van der Waals surface area contributed by atoms with E-state index in [9.17, 15) is 0 Å². The number of rotatable bonds is 2. The maximum Gasteiger partial charge on any atom is 0.0479 e. The van der Waals surface area contributed by atoms with E-state index >= 15 is 0 Å². The number of nitrogens with two attached hydrogens (primary N) is 1. The van der Waals surface area contributed by atoms with E-state index in [-0.39, 0.29) is 6.04 Å². The predicted octanol–water partition coefficient (Wildman–Crippen LogP) is 2.53. The molecule has 58 valence electrons. The lowest BCUT2D eigenvalue weighted by Crippen LogP contribution is -2.05. The Morgan fingerprint density at radius 2 is 2.27 bits per heavy atom. The van der Waals surface area contributed by atoms with Gasteiger partial charge in [0.1, 0.15) is 0 Å². The van der Waals surface area contributed by atoms with Crippen molar-refractivity contribution in [3.8, 4) is 0 Å². The summed E-state index contributed by atoms with van der Waals surface area (Å²) in [4.78, 5) is 0. The van der Waals surface area contributed by atoms with E-state index in [1.54, 1.807) is 6.08 Å². The number of hydrogen-bond acceptors (Lipinski definition) is 1. The largest absolute Gasteiger partial charge is 0.321 e. The molecule has 0 amide bonds. The summed E-state index contributed by atoms with van der Waals surface area (Å²) in [7, 11) is 0. The molecule has 0 saturated carbocycles. The molecule has 0 heterocycles. The fraction of sp³-hybridized carbons (Fsp3) is 0.111. The Balaban J connectivity index is 2.95. The van der Waals surface area contributed by atoms with Gasteiger partial charge in [0.05, 0.1) is 0 Å². The Hall–Kier alpha value is -0.790. The van der Waals surface area contributed by atoms with Gasteiger partial charge in [0.25, 0.3) is 0 Å². The molecule has 0 radical (unpaired) electrons. The van der Waals surface area contributed by atoms with Crippen LogP contribution in [-0.4, -0.2) is 0 Å². The van der Waals surface area contributed by atoms with Crippen molar-refractivity contribution in [3.63, 3.8) is 0 Å². The normalized spacial score (nSPS) is 12.5. The predicted molar refractivity (Wildman–Crippen MR) is 48.6 cm³/mol. The van der Waals surface area contributed by atoms with E-state index in [0.29, 0.717) is 5.02 Å². The molecule has 1 aromatic rings. The molecule has 0 bridgehead atoms. The second-order valence-electron chi connectivity index (χ2n) is 2.32. The maximum atomic E-state index is 5.76. The van der Waals surface area contributed by atoms with Crippen molar-refractivity contribution in [2.75, 3.05) is 0 Å². The van der Waals surface area contributed by atoms with E-state index < -0.39 is 0 Å². The van der Waals surface area contributed by atoms with Crippen LogP contribution < -0.4 is 5.73 Å². The second-order valence-corrected chi connectivity index (χ2v) is 2.75. The molecule has 1 nitrogen and oxygen atoms in total. The molecule has 1 aromatic carbocycles. The van der Waals surface area contributed by atoms with Crippen molar-refractivity contribution in [3.05, 3.63) is 47.5 Å². The van der Waals surface area contributed by atoms with Crippen molar-refractivity contribution in [1.82, 2.24) is 0 Å². The highest BCUT2D eigenvalue weighted by Crippen LogP contribution is 2.15. The Labute approximate surface area is 71.5 Å². The molecule has 0 aromatic heterocycles. The third-order valence-corrected chi connectivity index (χ3v) is 1.72. The van der Waals surface area contributed by atoms with Crippen LogP contribution >= 0.6 is 11.6 Å². The molecule has 0 aliphatic heterocycles. The van der Waals surface area contributed by atoms with Crippen LogP contribution in [0.2, 0.25) is 5.02 Å². The smallest absolute Gasteiger partial charge is 0.0479 e. The van der Waals surface area contributed by atoms with Crippen LogP contribution in [0.4, 0.5) is 0 Å². The SMILES string of the molecule is C=C[C@H](N)c1cccc(Cl)c1. The van der Waals surface area contributed by atoms with Crippen LogP contribution in [0.15, 0.2) is 36.9 Å². The minimum absolute atomic E-state index is 0.117. The number of benzene rings is 1. The minimum atomic E-state index is -0.117. The summed E-state index contributed by atoms with van der Waals surface area (Å²) in [6.07, 6.45) is 1.69. The zero-order valence-electron chi connectivity index (χ0n) is 6.13. The van der Waals surface area contributed by atoms with Gasteiger partial charge in [-0.05, 0) is 17.7 Å². The van der Waals surface area contributed by atoms with Crippen LogP contribution in [0.5, 0.6) is 0 Å². The van der Waals surface area contributed by atoms with Gasteiger partial charge in [0, 0.05) is 11.1 Å². The minimum Gasteiger partial charge on any atom is -0.321 e. The molecular formula is C9H10ClN. The van der Waals surface area contributed by atoms with Crippen LogP contribution in [0.1, 0.15) is 11.6 Å². The zero-order chi connectivity index (χ0) is 8.27. The Morgan fingerprint density at radius 3 is 2.82 bits per heavy atom. The third kappa shape index (κ3) is 2.07. The standard InChI is InChI=1S/C9H10ClN/c1-2-9(11)7-4-3-5-8(10)6-7/h2-6,9H,1,11H2/t9-/m0/s1. The molecule has 0 aliphatic rings. The van der Waals surface area contributed by atoms with Crippen molar-refractivity contribution in [2.24, 2.45) is 5.73 Å². The average molecular weight is 168 g/mol. The van der Waals surface area contributed by atoms with Crippen LogP contribution in [0, 0.1) is 0 Å². The Bertz CT molecular complexity index is 257. The summed E-state index contributed by atoms with van der Waals surface area (Å²) in [5.41, 5.74) is 6.68. The lowest BCUT2D eigenvalue weighted by Gasteiger charge is -2.05. The van der Waals surface area contributed by atoms with E-state index in [1.165, 1.54) is 0 Å². The average Bonchev–Trinajstić information content (AvgIpc) is 2.03. The summed E-state index contributed by atoms with van der Waals surface area (Å²) in [5.74, 6) is 0. The monoisotopic (exact) mass is 167 g/mol. The highest BCUT2D eigenvalue weighted by atomic mass is 35.5. The topological polar surface area (TPSA) is 26.0 Å². The number of halogens is 1. The Morgan fingerprint density at radius 1 is 1.55 bits per heavy atom. The van der Waals surface area contributed by atoms with Gasteiger partial charge in [-0.3, -0.25) is 0 Å². The fourth-order valence-corrected chi connectivity index (χ4v) is 1.05. The quantitative estimate of drug-likeness (QED) is 0.674. The van der Waals surface area contributed by atoms with Gasteiger partial charge in [-0.1, -0.05) is 29.8 Å². The highest BCUT2D eigenvalue weighted by Gasteiger charge is 1.99. The summed E-state index contributed by atoms with van der Waals surface area (Å²) in [5, 5.41) is 0.708. The number of hydrogen-bond donors (Lipinski definition) is 1. The van der Waals surface area contributed by atoms with Gasteiger partial charge < -0.3 is 5.73 Å². The maximum absolute atomic E-state index is 5.76. The first-order valence-corrected chi connectivity index (χ1v) is 3.75. The van der Waals surface area contributed by atoms with Gasteiger partial charge in [0.15, 0.2) is 0 Å². The second kappa shape index (κ2) is 3.56. The highest BCUT2D eigenvalue weighted by molar-refractivity contribution is 6.30. The molecule has 0 fully saturated rings. The third-order valence-electron chi connectivity index (χ3n) is 1.49. The molecular weight excluding hydrogens is 158 g/mol. The molecule has 1 atom stereocenters. The van der Waals surface area contributed by atoms with Crippen molar-refractivity contribution >= 4 is 11.6 Å². The van der Waals surface area contributed by atoms with Crippen LogP contribution in [-0.2, 0) is 0 Å². The first-order valence-electron chi connectivity index (χ1n) is 3.37. The molecule has 0 unspecified atom stereocenters. The molecule has 0 spiro atoms. The molecule has 11 heavy (non-hydrogen) atoms. The first kappa shape index (κ1) is 8.31. The van der Waals surface area contributed by atoms with Gasteiger partial charge in [0.2, 0.25) is 0 Å². The lowest BCUT2D eigenvalue weighted by molar-refractivity contribution is 0.915. The summed E-state index contributed by atoms with van der Waals surface area (Å²) in [6.45, 7) is 3.60. The molecule has 0 aliphatic carbocycles. The van der Waals surface area contributed by atoms with E-state index in [0.717, 1.165) is 5.56 Å². The Kier molecular flexibility index (Phi) is 2.69.